The number of benzene rings is 1. The highest BCUT2D eigenvalue weighted by Gasteiger charge is 2.26. The molecule has 1 aromatic carbocycles. The maximum absolute atomic E-state index is 8.83. The highest BCUT2D eigenvalue weighted by molar-refractivity contribution is 6.31. The molecule has 0 unspecified atom stereocenters. The third kappa shape index (κ3) is 4.30. The number of methoxy groups -OCH3 is 1. The van der Waals surface area contributed by atoms with Crippen molar-refractivity contribution in [1.29, 1.82) is 5.26 Å². The predicted molar refractivity (Wildman–Crippen MR) is 112 cm³/mol. The van der Waals surface area contributed by atoms with E-state index in [1.165, 1.54) is 12.4 Å². The molecule has 0 radical (unpaired) electrons. The maximum atomic E-state index is 8.83. The molecule has 9 nitrogen and oxygen atoms in total. The molecule has 4 rings (SSSR count). The molecule has 2 aromatic heterocycles. The van der Waals surface area contributed by atoms with E-state index >= 15 is 0 Å². The van der Waals surface area contributed by atoms with Crippen molar-refractivity contribution in [2.45, 2.75) is 31.4 Å². The summed E-state index contributed by atoms with van der Waals surface area (Å²) in [4.78, 5) is 8.12. The quantitative estimate of drug-likeness (QED) is 0.546. The minimum Gasteiger partial charge on any atom is -0.496 e. The molecule has 1 saturated carbocycles. The number of anilines is 2. The van der Waals surface area contributed by atoms with Gasteiger partial charge in [0, 0.05) is 17.1 Å². The van der Waals surface area contributed by atoms with E-state index < -0.39 is 0 Å². The number of nitriles is 1. The van der Waals surface area contributed by atoms with Crippen LogP contribution < -0.4 is 20.5 Å². The Morgan fingerprint density at radius 3 is 2.70 bits per heavy atom. The lowest BCUT2D eigenvalue weighted by Crippen LogP contribution is -2.19. The van der Waals surface area contributed by atoms with E-state index in [0.29, 0.717) is 39.4 Å². The SMILES string of the molecule is COc1cc(Cl)cc(O[C@@H]2CC[C@H](N)C2)c1-c1cc(Nc2cnc(C#N)cn2)n[nH]1. The second-order valence-electron chi connectivity index (χ2n) is 6.98. The normalized spacial score (nSPS) is 18.1. The molecule has 30 heavy (non-hydrogen) atoms. The van der Waals surface area contributed by atoms with E-state index in [1.54, 1.807) is 25.3 Å². The zero-order valence-electron chi connectivity index (χ0n) is 16.2. The molecule has 1 aliphatic carbocycles. The average molecular weight is 426 g/mol. The average Bonchev–Trinajstić information content (AvgIpc) is 3.37. The number of hydrogen-bond acceptors (Lipinski definition) is 8. The molecule has 1 aliphatic rings. The minimum absolute atomic E-state index is 0.0244. The van der Waals surface area contributed by atoms with Crippen molar-refractivity contribution in [3.05, 3.63) is 41.3 Å². The molecule has 0 amide bonds. The van der Waals surface area contributed by atoms with Crippen molar-refractivity contribution in [2.75, 3.05) is 12.4 Å². The zero-order valence-corrected chi connectivity index (χ0v) is 17.0. The van der Waals surface area contributed by atoms with Crippen LogP contribution in [0.25, 0.3) is 11.3 Å². The van der Waals surface area contributed by atoms with Crippen LogP contribution in [-0.4, -0.2) is 39.4 Å². The van der Waals surface area contributed by atoms with Crippen LogP contribution in [0.4, 0.5) is 11.6 Å². The van der Waals surface area contributed by atoms with E-state index in [1.807, 2.05) is 6.07 Å². The van der Waals surface area contributed by atoms with Gasteiger partial charge in [0.15, 0.2) is 11.5 Å². The highest BCUT2D eigenvalue weighted by Crippen LogP contribution is 2.42. The van der Waals surface area contributed by atoms with Crippen LogP contribution in [0.5, 0.6) is 11.5 Å². The molecular formula is C20H20ClN7O2. The van der Waals surface area contributed by atoms with Crippen molar-refractivity contribution >= 4 is 23.2 Å². The zero-order chi connectivity index (χ0) is 21.1. The first-order chi connectivity index (χ1) is 14.6. The second-order valence-corrected chi connectivity index (χ2v) is 7.42. The van der Waals surface area contributed by atoms with E-state index in [9.17, 15) is 0 Å². The van der Waals surface area contributed by atoms with E-state index in [0.717, 1.165) is 19.3 Å². The number of nitrogens with two attached hydrogens (primary N) is 1. The summed E-state index contributed by atoms with van der Waals surface area (Å²) in [5.41, 5.74) is 7.66. The van der Waals surface area contributed by atoms with Gasteiger partial charge in [-0.3, -0.25) is 5.10 Å². The van der Waals surface area contributed by atoms with Crippen LogP contribution in [-0.2, 0) is 0 Å². The number of ether oxygens (including phenoxy) is 2. The summed E-state index contributed by atoms with van der Waals surface area (Å²) in [6, 6.07) is 7.38. The Hall–Kier alpha value is -3.35. The minimum atomic E-state index is 0.0244. The van der Waals surface area contributed by atoms with Gasteiger partial charge >= 0.3 is 0 Å². The van der Waals surface area contributed by atoms with Gasteiger partial charge in [0.2, 0.25) is 0 Å². The van der Waals surface area contributed by atoms with E-state index in [2.05, 4.69) is 25.5 Å². The van der Waals surface area contributed by atoms with Gasteiger partial charge < -0.3 is 20.5 Å². The first-order valence-corrected chi connectivity index (χ1v) is 9.78. The molecule has 154 valence electrons. The Kier molecular flexibility index (Phi) is 5.70. The van der Waals surface area contributed by atoms with Crippen molar-refractivity contribution in [2.24, 2.45) is 5.73 Å². The number of aromatic amines is 1. The summed E-state index contributed by atoms with van der Waals surface area (Å²) < 4.78 is 11.8. The number of rotatable bonds is 6. The van der Waals surface area contributed by atoms with Crippen LogP contribution in [0.3, 0.4) is 0 Å². The fraction of sp³-hybridized carbons (Fsp3) is 0.300. The topological polar surface area (TPSA) is 135 Å². The molecule has 2 heterocycles. The molecule has 4 N–H and O–H groups in total. The number of halogens is 1. The number of nitrogens with zero attached hydrogens (tertiary/aromatic N) is 4. The Labute approximate surface area is 178 Å². The van der Waals surface area contributed by atoms with Gasteiger partial charge in [0.1, 0.15) is 29.5 Å². The van der Waals surface area contributed by atoms with E-state index in [-0.39, 0.29) is 17.8 Å². The lowest BCUT2D eigenvalue weighted by molar-refractivity contribution is 0.208. The molecule has 2 atom stereocenters. The Balaban J connectivity index is 1.63. The molecule has 0 spiro atoms. The summed E-state index contributed by atoms with van der Waals surface area (Å²) in [7, 11) is 1.58. The van der Waals surface area contributed by atoms with Crippen molar-refractivity contribution in [3.63, 3.8) is 0 Å². The lowest BCUT2D eigenvalue weighted by Gasteiger charge is -2.18. The number of aromatic nitrogens is 4. The fourth-order valence-electron chi connectivity index (χ4n) is 3.43. The van der Waals surface area contributed by atoms with Gasteiger partial charge in [-0.2, -0.15) is 10.4 Å². The first kappa shape index (κ1) is 19.9. The van der Waals surface area contributed by atoms with Gasteiger partial charge in [0.05, 0.1) is 30.8 Å². The molecular weight excluding hydrogens is 406 g/mol. The monoisotopic (exact) mass is 425 g/mol. The predicted octanol–water partition coefficient (Wildman–Crippen LogP) is 3.40. The van der Waals surface area contributed by atoms with Crippen LogP contribution in [0.15, 0.2) is 30.6 Å². The van der Waals surface area contributed by atoms with Crippen LogP contribution in [0.2, 0.25) is 5.02 Å². The molecule has 0 aliphatic heterocycles. The standard InChI is InChI=1S/C20H20ClN7O2/c1-29-16-4-11(21)5-17(30-14-3-2-12(23)6-14)20(16)15-7-18(28-27-15)26-19-10-24-13(8-22)9-25-19/h4-5,7,9-10,12,14H,2-3,6,23H2,1H3,(H2,25,26,27,28)/t12-,14+/m0/s1. The Bertz CT molecular complexity index is 1080. The second kappa shape index (κ2) is 8.57. The van der Waals surface area contributed by atoms with E-state index in [4.69, 9.17) is 32.1 Å². The summed E-state index contributed by atoms with van der Waals surface area (Å²) >= 11 is 6.28. The van der Waals surface area contributed by atoms with Crippen LogP contribution in [0, 0.1) is 11.3 Å². The Morgan fingerprint density at radius 1 is 1.20 bits per heavy atom. The van der Waals surface area contributed by atoms with Gasteiger partial charge in [-0.1, -0.05) is 11.6 Å². The highest BCUT2D eigenvalue weighted by atomic mass is 35.5. The van der Waals surface area contributed by atoms with Gasteiger partial charge in [-0.15, -0.1) is 0 Å². The molecule has 0 saturated heterocycles. The number of nitrogens with one attached hydrogen (secondary N) is 2. The molecule has 1 fully saturated rings. The van der Waals surface area contributed by atoms with Crippen molar-refractivity contribution in [3.8, 4) is 28.8 Å². The summed E-state index contributed by atoms with van der Waals surface area (Å²) in [6.07, 6.45) is 5.49. The summed E-state index contributed by atoms with van der Waals surface area (Å²) in [6.45, 7) is 0. The molecule has 0 bridgehead atoms. The van der Waals surface area contributed by atoms with Crippen molar-refractivity contribution in [1.82, 2.24) is 20.2 Å². The van der Waals surface area contributed by atoms with Crippen LogP contribution in [0.1, 0.15) is 25.0 Å². The van der Waals surface area contributed by atoms with Gasteiger partial charge in [-0.05, 0) is 31.4 Å². The van der Waals surface area contributed by atoms with Gasteiger partial charge in [0.25, 0.3) is 0 Å². The number of H-pyrrole nitrogens is 1. The number of hydrogen-bond donors (Lipinski definition) is 3. The third-order valence-electron chi connectivity index (χ3n) is 4.84. The summed E-state index contributed by atoms with van der Waals surface area (Å²) in [5, 5.41) is 19.7. The maximum Gasteiger partial charge on any atom is 0.158 e. The first-order valence-electron chi connectivity index (χ1n) is 9.40. The third-order valence-corrected chi connectivity index (χ3v) is 5.06. The van der Waals surface area contributed by atoms with Gasteiger partial charge in [-0.25, -0.2) is 9.97 Å². The lowest BCUT2D eigenvalue weighted by atomic mass is 10.1. The molecule has 10 heteroatoms. The fourth-order valence-corrected chi connectivity index (χ4v) is 3.63. The molecule has 3 aromatic rings. The smallest absolute Gasteiger partial charge is 0.158 e. The Morgan fingerprint density at radius 2 is 2.03 bits per heavy atom. The largest absolute Gasteiger partial charge is 0.496 e. The van der Waals surface area contributed by atoms with Crippen LogP contribution >= 0.6 is 11.6 Å². The van der Waals surface area contributed by atoms with Crippen molar-refractivity contribution < 1.29 is 9.47 Å². The summed E-state index contributed by atoms with van der Waals surface area (Å²) in [5.74, 6) is 2.15.